The molecule has 2 heterocycles. The summed E-state index contributed by atoms with van der Waals surface area (Å²) in [5, 5.41) is 8.09. The maximum Gasteiger partial charge on any atom is 0.228 e. The summed E-state index contributed by atoms with van der Waals surface area (Å²) in [5.41, 5.74) is 3.76. The third kappa shape index (κ3) is 3.19. The van der Waals surface area contributed by atoms with Crippen molar-refractivity contribution in [1.82, 2.24) is 15.1 Å². The van der Waals surface area contributed by atoms with Crippen LogP contribution >= 0.6 is 11.6 Å². The van der Waals surface area contributed by atoms with Crippen molar-refractivity contribution in [3.8, 4) is 17.0 Å². The van der Waals surface area contributed by atoms with Gasteiger partial charge in [-0.25, -0.2) is 9.97 Å². The molecule has 7 heteroatoms. The molecule has 0 radical (unpaired) electrons. The number of anilines is 1. The molecule has 0 spiro atoms. The summed E-state index contributed by atoms with van der Waals surface area (Å²) >= 11 is 5.95. The van der Waals surface area contributed by atoms with Gasteiger partial charge < -0.3 is 14.6 Å². The van der Waals surface area contributed by atoms with Gasteiger partial charge >= 0.3 is 0 Å². The van der Waals surface area contributed by atoms with E-state index in [1.807, 2.05) is 36.4 Å². The van der Waals surface area contributed by atoms with Crippen LogP contribution in [0, 0.1) is 0 Å². The van der Waals surface area contributed by atoms with Gasteiger partial charge in [-0.3, -0.25) is 0 Å². The van der Waals surface area contributed by atoms with Gasteiger partial charge in [-0.05, 0) is 29.8 Å². The number of halogens is 1. The molecule has 0 atom stereocenters. The molecule has 2 aromatic heterocycles. The Labute approximate surface area is 154 Å². The molecule has 0 amide bonds. The smallest absolute Gasteiger partial charge is 0.228 e. The topological polar surface area (TPSA) is 73.1 Å². The van der Waals surface area contributed by atoms with Crippen LogP contribution in [-0.4, -0.2) is 22.2 Å². The second kappa shape index (κ2) is 7.01. The van der Waals surface area contributed by atoms with Gasteiger partial charge in [-0.1, -0.05) is 41.0 Å². The molecule has 0 saturated heterocycles. The van der Waals surface area contributed by atoms with Crippen molar-refractivity contribution in [2.45, 2.75) is 6.54 Å². The Kier molecular flexibility index (Phi) is 4.41. The predicted molar refractivity (Wildman–Crippen MR) is 100 cm³/mol. The lowest BCUT2D eigenvalue weighted by atomic mass is 10.1. The Morgan fingerprint density at radius 1 is 1.12 bits per heavy atom. The van der Waals surface area contributed by atoms with Crippen LogP contribution in [0.15, 0.2) is 59.4 Å². The molecular formula is C19H15ClN4O2. The van der Waals surface area contributed by atoms with E-state index in [1.165, 1.54) is 6.33 Å². The first-order chi connectivity index (χ1) is 12.7. The van der Waals surface area contributed by atoms with E-state index in [2.05, 4.69) is 20.4 Å². The lowest BCUT2D eigenvalue weighted by Crippen LogP contribution is -2.02. The van der Waals surface area contributed by atoms with Crippen molar-refractivity contribution >= 4 is 28.5 Å². The van der Waals surface area contributed by atoms with Crippen LogP contribution in [0.25, 0.3) is 22.4 Å². The fourth-order valence-electron chi connectivity index (χ4n) is 2.65. The normalized spacial score (nSPS) is 10.8. The molecule has 0 aliphatic rings. The molecule has 0 unspecified atom stereocenters. The van der Waals surface area contributed by atoms with Gasteiger partial charge in [-0.2, -0.15) is 0 Å². The van der Waals surface area contributed by atoms with Crippen LogP contribution in [0.3, 0.4) is 0 Å². The largest absolute Gasteiger partial charge is 0.497 e. The van der Waals surface area contributed by atoms with Gasteiger partial charge in [0.2, 0.25) is 5.58 Å². The highest BCUT2D eigenvalue weighted by Crippen LogP contribution is 2.30. The average molecular weight is 367 g/mol. The van der Waals surface area contributed by atoms with Crippen molar-refractivity contribution in [1.29, 1.82) is 0 Å². The summed E-state index contributed by atoms with van der Waals surface area (Å²) in [6.07, 6.45) is 1.49. The first-order valence-corrected chi connectivity index (χ1v) is 8.35. The number of hydrogen-bond acceptors (Lipinski definition) is 6. The third-order valence-electron chi connectivity index (χ3n) is 3.97. The summed E-state index contributed by atoms with van der Waals surface area (Å²) in [4.78, 5) is 8.60. The summed E-state index contributed by atoms with van der Waals surface area (Å²) < 4.78 is 10.7. The zero-order valence-corrected chi connectivity index (χ0v) is 14.7. The van der Waals surface area contributed by atoms with Crippen molar-refractivity contribution in [2.24, 2.45) is 0 Å². The summed E-state index contributed by atoms with van der Waals surface area (Å²) in [7, 11) is 1.65. The third-order valence-corrected chi connectivity index (χ3v) is 4.22. The standard InChI is InChI=1S/C19H15ClN4O2/c1-25-15-4-2-3-12(9-15)10-21-19-18-17(22-11-23-19)16(24-26-18)13-5-7-14(20)8-6-13/h2-9,11H,10H2,1H3,(H,21,22,23). The number of ether oxygens (including phenoxy) is 1. The van der Waals surface area contributed by atoms with Crippen LogP contribution in [0.2, 0.25) is 5.02 Å². The molecule has 6 nitrogen and oxygen atoms in total. The molecular weight excluding hydrogens is 352 g/mol. The van der Waals surface area contributed by atoms with Crippen molar-refractivity contribution in [3.05, 3.63) is 65.4 Å². The predicted octanol–water partition coefficient (Wildman–Crippen LogP) is 4.56. The van der Waals surface area contributed by atoms with E-state index >= 15 is 0 Å². The van der Waals surface area contributed by atoms with Crippen LogP contribution in [0.4, 0.5) is 5.82 Å². The second-order valence-electron chi connectivity index (χ2n) is 5.64. The molecule has 2 aromatic carbocycles. The van der Waals surface area contributed by atoms with E-state index in [0.29, 0.717) is 34.2 Å². The number of hydrogen-bond donors (Lipinski definition) is 1. The number of nitrogens with zero attached hydrogens (tertiary/aromatic N) is 3. The minimum atomic E-state index is 0.514. The molecule has 26 heavy (non-hydrogen) atoms. The molecule has 0 aliphatic carbocycles. The molecule has 4 rings (SSSR count). The molecule has 0 bridgehead atoms. The van der Waals surface area contributed by atoms with Crippen LogP contribution in [0.1, 0.15) is 5.56 Å². The van der Waals surface area contributed by atoms with Crippen molar-refractivity contribution in [3.63, 3.8) is 0 Å². The molecule has 130 valence electrons. The lowest BCUT2D eigenvalue weighted by molar-refractivity contribution is 0.414. The monoisotopic (exact) mass is 366 g/mol. The van der Waals surface area contributed by atoms with E-state index in [-0.39, 0.29) is 0 Å². The number of nitrogens with one attached hydrogen (secondary N) is 1. The van der Waals surface area contributed by atoms with E-state index in [4.69, 9.17) is 20.9 Å². The van der Waals surface area contributed by atoms with E-state index in [0.717, 1.165) is 16.9 Å². The zero-order valence-electron chi connectivity index (χ0n) is 13.9. The maximum atomic E-state index is 5.95. The molecule has 0 aliphatic heterocycles. The summed E-state index contributed by atoms with van der Waals surface area (Å²) in [6, 6.07) is 15.2. The molecule has 4 aromatic rings. The number of rotatable bonds is 5. The molecule has 0 saturated carbocycles. The number of benzene rings is 2. The summed E-state index contributed by atoms with van der Waals surface area (Å²) in [6.45, 7) is 0.570. The first kappa shape index (κ1) is 16.4. The Morgan fingerprint density at radius 3 is 2.77 bits per heavy atom. The van der Waals surface area contributed by atoms with Gasteiger partial charge in [0.15, 0.2) is 5.82 Å². The zero-order chi connectivity index (χ0) is 17.9. The van der Waals surface area contributed by atoms with E-state index in [1.54, 1.807) is 19.2 Å². The average Bonchev–Trinajstić information content (AvgIpc) is 3.12. The highest BCUT2D eigenvalue weighted by Gasteiger charge is 2.16. The van der Waals surface area contributed by atoms with Crippen LogP contribution in [0.5, 0.6) is 5.75 Å². The molecule has 1 N–H and O–H groups in total. The second-order valence-corrected chi connectivity index (χ2v) is 6.08. The minimum absolute atomic E-state index is 0.514. The van der Waals surface area contributed by atoms with Crippen molar-refractivity contribution < 1.29 is 9.26 Å². The Morgan fingerprint density at radius 2 is 1.96 bits per heavy atom. The highest BCUT2D eigenvalue weighted by molar-refractivity contribution is 6.30. The van der Waals surface area contributed by atoms with Gasteiger partial charge in [0.05, 0.1) is 7.11 Å². The van der Waals surface area contributed by atoms with E-state index in [9.17, 15) is 0 Å². The fourth-order valence-corrected chi connectivity index (χ4v) is 2.78. The highest BCUT2D eigenvalue weighted by atomic mass is 35.5. The quantitative estimate of drug-likeness (QED) is 0.558. The SMILES string of the molecule is COc1cccc(CNc2ncnc3c(-c4ccc(Cl)cc4)noc23)c1. The Hall–Kier alpha value is -3.12. The first-order valence-electron chi connectivity index (χ1n) is 7.98. The van der Waals surface area contributed by atoms with Gasteiger partial charge in [0, 0.05) is 17.1 Å². The number of methoxy groups -OCH3 is 1. The summed E-state index contributed by atoms with van der Waals surface area (Å²) in [5.74, 6) is 1.40. The Bertz CT molecular complexity index is 1050. The van der Waals surface area contributed by atoms with Gasteiger partial charge in [0.1, 0.15) is 23.3 Å². The number of fused-ring (bicyclic) bond motifs is 1. The Balaban J connectivity index is 1.63. The minimum Gasteiger partial charge on any atom is -0.497 e. The fraction of sp³-hybridized carbons (Fsp3) is 0.105. The number of aromatic nitrogens is 3. The van der Waals surface area contributed by atoms with Gasteiger partial charge in [0.25, 0.3) is 0 Å². The van der Waals surface area contributed by atoms with Gasteiger partial charge in [-0.15, -0.1) is 0 Å². The lowest BCUT2D eigenvalue weighted by Gasteiger charge is -2.07. The van der Waals surface area contributed by atoms with Crippen LogP contribution < -0.4 is 10.1 Å². The maximum absolute atomic E-state index is 5.95. The van der Waals surface area contributed by atoms with Crippen LogP contribution in [-0.2, 0) is 6.54 Å². The molecule has 0 fully saturated rings. The van der Waals surface area contributed by atoms with Crippen molar-refractivity contribution in [2.75, 3.05) is 12.4 Å². The van der Waals surface area contributed by atoms with E-state index < -0.39 is 0 Å².